The van der Waals surface area contributed by atoms with Gasteiger partial charge in [0, 0.05) is 12.6 Å². The molecule has 0 fully saturated rings. The van der Waals surface area contributed by atoms with Gasteiger partial charge < -0.3 is 9.73 Å². The van der Waals surface area contributed by atoms with E-state index in [9.17, 15) is 4.79 Å². The Morgan fingerprint density at radius 1 is 1.43 bits per heavy atom. The zero-order chi connectivity index (χ0) is 14.5. The van der Waals surface area contributed by atoms with Gasteiger partial charge in [0.1, 0.15) is 5.69 Å². The number of hydrogen-bond donors (Lipinski definition) is 2. The molecule has 0 saturated heterocycles. The molecule has 0 radical (unpaired) electrons. The molecule has 0 spiro atoms. The first-order valence-corrected chi connectivity index (χ1v) is 7.38. The van der Waals surface area contributed by atoms with Crippen LogP contribution in [0.1, 0.15) is 42.6 Å². The average molecular weight is 285 g/mol. The lowest BCUT2D eigenvalue weighted by atomic mass is 9.97. The highest BCUT2D eigenvalue weighted by atomic mass is 16.3. The van der Waals surface area contributed by atoms with Crippen molar-refractivity contribution in [2.24, 2.45) is 0 Å². The van der Waals surface area contributed by atoms with Crippen molar-refractivity contribution in [1.29, 1.82) is 0 Å². The van der Waals surface area contributed by atoms with Crippen LogP contribution >= 0.6 is 0 Å². The SMILES string of the molecule is O=C(NCCC1=CCCCC1)c1cc(-c2ccco2)[nH]n1. The monoisotopic (exact) mass is 285 g/mol. The lowest BCUT2D eigenvalue weighted by Gasteiger charge is -2.12. The molecule has 0 aromatic carbocycles. The number of rotatable bonds is 5. The zero-order valence-corrected chi connectivity index (χ0v) is 11.9. The van der Waals surface area contributed by atoms with E-state index in [0.717, 1.165) is 6.42 Å². The van der Waals surface area contributed by atoms with Crippen molar-refractivity contribution in [3.8, 4) is 11.5 Å². The minimum atomic E-state index is -0.152. The lowest BCUT2D eigenvalue weighted by molar-refractivity contribution is 0.0949. The van der Waals surface area contributed by atoms with Crippen LogP contribution in [0.3, 0.4) is 0 Å². The van der Waals surface area contributed by atoms with E-state index in [0.29, 0.717) is 23.7 Å². The van der Waals surface area contributed by atoms with Crippen LogP contribution in [0.5, 0.6) is 0 Å². The molecule has 2 aromatic rings. The summed E-state index contributed by atoms with van der Waals surface area (Å²) in [7, 11) is 0. The normalized spacial score (nSPS) is 14.8. The highest BCUT2D eigenvalue weighted by molar-refractivity contribution is 5.93. The number of nitrogens with zero attached hydrogens (tertiary/aromatic N) is 1. The molecule has 0 saturated carbocycles. The van der Waals surface area contributed by atoms with Gasteiger partial charge in [0.05, 0.1) is 6.26 Å². The van der Waals surface area contributed by atoms with Gasteiger partial charge in [-0.15, -0.1) is 0 Å². The van der Waals surface area contributed by atoms with Crippen LogP contribution in [0.4, 0.5) is 0 Å². The van der Waals surface area contributed by atoms with Gasteiger partial charge in [-0.3, -0.25) is 9.89 Å². The standard InChI is InChI=1S/C16H19N3O2/c20-16(17-9-8-12-5-2-1-3-6-12)14-11-13(18-19-14)15-7-4-10-21-15/h4-5,7,10-11H,1-3,6,8-9H2,(H,17,20)(H,18,19). The number of carbonyl (C=O) groups excluding carboxylic acids is 1. The van der Waals surface area contributed by atoms with E-state index in [-0.39, 0.29) is 5.91 Å². The summed E-state index contributed by atoms with van der Waals surface area (Å²) in [6.07, 6.45) is 9.73. The van der Waals surface area contributed by atoms with E-state index in [1.165, 1.54) is 31.3 Å². The molecular formula is C16H19N3O2. The van der Waals surface area contributed by atoms with Crippen LogP contribution in [-0.2, 0) is 0 Å². The van der Waals surface area contributed by atoms with Crippen molar-refractivity contribution < 1.29 is 9.21 Å². The fourth-order valence-corrected chi connectivity index (χ4v) is 2.55. The number of aromatic amines is 1. The van der Waals surface area contributed by atoms with Gasteiger partial charge in [0.2, 0.25) is 0 Å². The zero-order valence-electron chi connectivity index (χ0n) is 11.9. The number of furan rings is 1. The maximum atomic E-state index is 12.0. The third kappa shape index (κ3) is 3.42. The van der Waals surface area contributed by atoms with Crippen LogP contribution in [0.2, 0.25) is 0 Å². The third-order valence-corrected chi connectivity index (χ3v) is 3.71. The molecule has 1 amide bonds. The molecule has 5 heteroatoms. The van der Waals surface area contributed by atoms with Crippen molar-refractivity contribution in [3.05, 3.63) is 41.8 Å². The van der Waals surface area contributed by atoms with Crippen LogP contribution in [0.25, 0.3) is 11.5 Å². The van der Waals surface area contributed by atoms with Gasteiger partial charge in [0.15, 0.2) is 11.5 Å². The first-order valence-electron chi connectivity index (χ1n) is 7.38. The topological polar surface area (TPSA) is 70.9 Å². The van der Waals surface area contributed by atoms with Gasteiger partial charge in [-0.1, -0.05) is 11.6 Å². The van der Waals surface area contributed by atoms with Gasteiger partial charge >= 0.3 is 0 Å². The molecule has 110 valence electrons. The molecule has 0 unspecified atom stereocenters. The minimum Gasteiger partial charge on any atom is -0.463 e. The predicted molar refractivity (Wildman–Crippen MR) is 79.8 cm³/mol. The second-order valence-corrected chi connectivity index (χ2v) is 5.26. The second kappa shape index (κ2) is 6.43. The van der Waals surface area contributed by atoms with Crippen LogP contribution in [0.15, 0.2) is 40.5 Å². The lowest BCUT2D eigenvalue weighted by Crippen LogP contribution is -2.25. The first-order chi connectivity index (χ1) is 10.3. The maximum Gasteiger partial charge on any atom is 0.271 e. The van der Waals surface area contributed by atoms with E-state index in [4.69, 9.17) is 4.42 Å². The van der Waals surface area contributed by atoms with Crippen molar-refractivity contribution in [2.75, 3.05) is 6.54 Å². The molecule has 0 atom stereocenters. The summed E-state index contributed by atoms with van der Waals surface area (Å²) in [4.78, 5) is 12.0. The number of hydrogen-bond acceptors (Lipinski definition) is 3. The molecule has 5 nitrogen and oxygen atoms in total. The van der Waals surface area contributed by atoms with E-state index in [2.05, 4.69) is 21.6 Å². The predicted octanol–water partition coefficient (Wildman–Crippen LogP) is 3.29. The first kappa shape index (κ1) is 13.7. The van der Waals surface area contributed by atoms with Gasteiger partial charge in [0.25, 0.3) is 5.91 Å². The Kier molecular flexibility index (Phi) is 4.19. The molecule has 2 N–H and O–H groups in total. The molecule has 0 aliphatic heterocycles. The largest absolute Gasteiger partial charge is 0.463 e. The highest BCUT2D eigenvalue weighted by Gasteiger charge is 2.12. The third-order valence-electron chi connectivity index (χ3n) is 3.71. The number of nitrogens with one attached hydrogen (secondary N) is 2. The Hall–Kier alpha value is -2.30. The molecule has 3 rings (SSSR count). The Labute approximate surface area is 123 Å². The van der Waals surface area contributed by atoms with Crippen LogP contribution in [0, 0.1) is 0 Å². The number of H-pyrrole nitrogens is 1. The average Bonchev–Trinajstić information content (AvgIpc) is 3.19. The fourth-order valence-electron chi connectivity index (χ4n) is 2.55. The van der Waals surface area contributed by atoms with Crippen molar-refractivity contribution in [3.63, 3.8) is 0 Å². The molecule has 1 aliphatic carbocycles. The Morgan fingerprint density at radius 2 is 2.38 bits per heavy atom. The van der Waals surface area contributed by atoms with E-state index < -0.39 is 0 Å². The van der Waals surface area contributed by atoms with Crippen LogP contribution < -0.4 is 5.32 Å². The summed E-state index contributed by atoms with van der Waals surface area (Å²) in [6, 6.07) is 5.33. The molecular weight excluding hydrogens is 266 g/mol. The number of allylic oxidation sites excluding steroid dienone is 1. The summed E-state index contributed by atoms with van der Waals surface area (Å²) < 4.78 is 5.26. The van der Waals surface area contributed by atoms with Crippen molar-refractivity contribution in [2.45, 2.75) is 32.1 Å². The molecule has 2 heterocycles. The second-order valence-electron chi connectivity index (χ2n) is 5.26. The fraction of sp³-hybridized carbons (Fsp3) is 0.375. The summed E-state index contributed by atoms with van der Waals surface area (Å²) >= 11 is 0. The Balaban J connectivity index is 1.52. The molecule has 1 aliphatic rings. The number of amides is 1. The summed E-state index contributed by atoms with van der Waals surface area (Å²) in [5, 5.41) is 9.75. The number of carbonyl (C=O) groups is 1. The quantitative estimate of drug-likeness (QED) is 0.828. The molecule has 0 bridgehead atoms. The van der Waals surface area contributed by atoms with Crippen LogP contribution in [-0.4, -0.2) is 22.6 Å². The Morgan fingerprint density at radius 3 is 3.14 bits per heavy atom. The smallest absolute Gasteiger partial charge is 0.271 e. The maximum absolute atomic E-state index is 12.0. The van der Waals surface area contributed by atoms with Gasteiger partial charge in [-0.25, -0.2) is 0 Å². The van der Waals surface area contributed by atoms with Gasteiger partial charge in [-0.05, 0) is 44.2 Å². The van der Waals surface area contributed by atoms with Gasteiger partial charge in [-0.2, -0.15) is 5.10 Å². The van der Waals surface area contributed by atoms with E-state index in [1.807, 2.05) is 6.07 Å². The Bertz CT molecular complexity index is 626. The summed E-state index contributed by atoms with van der Waals surface area (Å²) in [6.45, 7) is 0.660. The minimum absolute atomic E-state index is 0.152. The molecule has 2 aromatic heterocycles. The highest BCUT2D eigenvalue weighted by Crippen LogP contribution is 2.20. The summed E-state index contributed by atoms with van der Waals surface area (Å²) in [5.74, 6) is 0.523. The number of aromatic nitrogens is 2. The van der Waals surface area contributed by atoms with E-state index >= 15 is 0 Å². The van der Waals surface area contributed by atoms with Crippen molar-refractivity contribution >= 4 is 5.91 Å². The molecule has 21 heavy (non-hydrogen) atoms. The van der Waals surface area contributed by atoms with E-state index in [1.54, 1.807) is 18.4 Å². The summed E-state index contributed by atoms with van der Waals surface area (Å²) in [5.41, 5.74) is 2.55. The van der Waals surface area contributed by atoms with Crippen molar-refractivity contribution in [1.82, 2.24) is 15.5 Å².